The molecule has 14 bridgehead atoms. The average Bonchev–Trinajstić information content (AvgIpc) is 1.53. The number of nitriles is 1. The fraction of sp³-hybridized carbons (Fsp3) is 0.808. The Kier molecular flexibility index (Phi) is 30.3. The number of carbonyl (C=O) groups is 18. The van der Waals surface area contributed by atoms with E-state index < -0.39 is 208 Å². The van der Waals surface area contributed by atoms with Gasteiger partial charge in [-0.25, -0.2) is 24.0 Å². The molecular formula is C99H135NO38. The second-order valence-corrected chi connectivity index (χ2v) is 44.6. The summed E-state index contributed by atoms with van der Waals surface area (Å²) in [6, 6.07) is 2.10. The summed E-state index contributed by atoms with van der Waals surface area (Å²) in [5.41, 5.74) is -6.48. The van der Waals surface area contributed by atoms with Gasteiger partial charge in [-0.15, -0.1) is 0 Å². The molecule has 1 N–H and O–H groups in total. The zero-order valence-corrected chi connectivity index (χ0v) is 82.4. The van der Waals surface area contributed by atoms with Crippen molar-refractivity contribution in [1.29, 1.82) is 5.26 Å². The number of ether oxygens (including phenoxy) is 19. The molecule has 9 saturated heterocycles. The molecule has 19 rings (SSSR count). The van der Waals surface area contributed by atoms with Gasteiger partial charge in [0.25, 0.3) is 0 Å². The maximum atomic E-state index is 12.4. The normalized spacial score (nSPS) is 36.7. The molecule has 19 aliphatic rings. The van der Waals surface area contributed by atoms with Crippen LogP contribution in [0.2, 0.25) is 0 Å². The molecule has 9 aliphatic heterocycles. The topological polar surface area (TPSA) is 527 Å². The summed E-state index contributed by atoms with van der Waals surface area (Å²) in [4.78, 5) is 215. The van der Waals surface area contributed by atoms with Crippen molar-refractivity contribution in [2.75, 3.05) is 40.1 Å². The monoisotopic (exact) mass is 1950 g/mol. The van der Waals surface area contributed by atoms with Crippen LogP contribution in [0.3, 0.4) is 0 Å². The Bertz CT molecular complexity index is 4750. The van der Waals surface area contributed by atoms with E-state index in [1.54, 1.807) is 69.2 Å². The van der Waals surface area contributed by atoms with Crippen LogP contribution in [0.4, 0.5) is 0 Å². The Morgan fingerprint density at radius 2 is 0.812 bits per heavy atom. The van der Waals surface area contributed by atoms with Gasteiger partial charge in [0.15, 0.2) is 50.7 Å². The third-order valence-corrected chi connectivity index (χ3v) is 33.5. The SMILES string of the molecule is CCC(C)(C)C(=O)OC12CC3CC(O)(CC(C1)C(=O)O3)C2.CCC(C)(C)C(=O)OCC(=O)OC1C2CC3C(=O)OC1C3C2.CCC(C)(C)C(=O)OCC(=O)OC1C2CC3C(=O)OC1C3O2.CCC(C)(C)C(=O)OCC(=O)OC1C2CC3C1OC(=O)C3(C#N)C2.CCC(C)(C)C(=O)OCC(=O)OC1C2CC3C1OC(=O)C3C2C.CCC(C)(C)C(=O)OCC(=O)OC1C2CC3C1OC(=O)C3C2C(=O)OC. The van der Waals surface area contributed by atoms with Crippen molar-refractivity contribution in [2.45, 2.75) is 338 Å². The summed E-state index contributed by atoms with van der Waals surface area (Å²) in [6.45, 7) is 32.4. The lowest BCUT2D eigenvalue weighted by molar-refractivity contribution is -0.202. The van der Waals surface area contributed by atoms with Crippen molar-refractivity contribution < 1.29 is 181 Å². The van der Waals surface area contributed by atoms with E-state index in [-0.39, 0.29) is 150 Å². The number of esters is 18. The molecule has 10 aliphatic carbocycles. The van der Waals surface area contributed by atoms with Gasteiger partial charge in [0, 0.05) is 73.0 Å². The van der Waals surface area contributed by atoms with Crippen molar-refractivity contribution in [3.8, 4) is 6.07 Å². The van der Waals surface area contributed by atoms with Crippen LogP contribution in [0.5, 0.6) is 0 Å². The minimum absolute atomic E-state index is 0.00636. The Labute approximate surface area is 801 Å². The molecule has 0 aromatic carbocycles. The summed E-state index contributed by atoms with van der Waals surface area (Å²) >= 11 is 0. The van der Waals surface area contributed by atoms with E-state index in [4.69, 9.17) is 90.0 Å². The molecule has 19 fully saturated rings. The highest BCUT2D eigenvalue weighted by atomic mass is 16.7. The van der Waals surface area contributed by atoms with E-state index in [0.29, 0.717) is 96.3 Å². The quantitative estimate of drug-likeness (QED) is 0.0548. The summed E-state index contributed by atoms with van der Waals surface area (Å²) in [5, 5.41) is 20.0. The number of fused-ring (bicyclic) bond motifs is 6. The summed E-state index contributed by atoms with van der Waals surface area (Å²) in [5.74, 6) is -9.54. The fourth-order valence-electron chi connectivity index (χ4n) is 23.1. The van der Waals surface area contributed by atoms with Crippen molar-refractivity contribution in [3.05, 3.63) is 0 Å². The molecule has 31 atom stereocenters. The Morgan fingerprint density at radius 3 is 1.29 bits per heavy atom. The maximum Gasteiger partial charge on any atom is 0.344 e. The highest BCUT2D eigenvalue weighted by molar-refractivity contribution is 5.89. The minimum Gasteiger partial charge on any atom is -0.469 e. The van der Waals surface area contributed by atoms with E-state index in [0.717, 1.165) is 19.3 Å². The van der Waals surface area contributed by atoms with Crippen molar-refractivity contribution >= 4 is 107 Å². The minimum atomic E-state index is -1.06. The van der Waals surface area contributed by atoms with Crippen LogP contribution in [0, 0.1) is 138 Å². The molecular weight excluding hydrogens is 1810 g/mol. The van der Waals surface area contributed by atoms with Gasteiger partial charge in [-0.1, -0.05) is 48.5 Å². The third kappa shape index (κ3) is 20.4. The first-order valence-electron chi connectivity index (χ1n) is 48.7. The predicted octanol–water partition coefficient (Wildman–Crippen LogP) is 7.92. The largest absolute Gasteiger partial charge is 0.469 e. The van der Waals surface area contributed by atoms with Gasteiger partial charge < -0.3 is 95.1 Å². The third-order valence-electron chi connectivity index (χ3n) is 33.5. The molecule has 0 aromatic rings. The van der Waals surface area contributed by atoms with Crippen LogP contribution in [-0.2, 0) is 176 Å². The first kappa shape index (κ1) is 105. The summed E-state index contributed by atoms with van der Waals surface area (Å²) in [6.07, 6.45) is 4.81. The van der Waals surface area contributed by atoms with Gasteiger partial charge in [0.1, 0.15) is 66.6 Å². The zero-order chi connectivity index (χ0) is 101. The second-order valence-electron chi connectivity index (χ2n) is 44.6. The molecule has 0 amide bonds. The smallest absolute Gasteiger partial charge is 0.344 e. The number of aliphatic hydroxyl groups is 1. The molecule has 10 saturated carbocycles. The van der Waals surface area contributed by atoms with E-state index >= 15 is 0 Å². The average molecular weight is 1950 g/mol. The van der Waals surface area contributed by atoms with Crippen molar-refractivity contribution in [3.63, 3.8) is 0 Å². The molecule has 0 spiro atoms. The number of nitrogens with zero attached hydrogens (tertiary/aromatic N) is 1. The molecule has 0 aromatic heterocycles. The van der Waals surface area contributed by atoms with Gasteiger partial charge in [0.05, 0.1) is 92.9 Å². The van der Waals surface area contributed by atoms with Crippen molar-refractivity contribution in [2.24, 2.45) is 127 Å². The van der Waals surface area contributed by atoms with Gasteiger partial charge >= 0.3 is 107 Å². The van der Waals surface area contributed by atoms with Crippen LogP contribution in [0.15, 0.2) is 0 Å². The van der Waals surface area contributed by atoms with Crippen LogP contribution in [-0.4, -0.2) is 243 Å². The highest BCUT2D eigenvalue weighted by Crippen LogP contribution is 2.64. The second kappa shape index (κ2) is 39.8. The van der Waals surface area contributed by atoms with E-state index in [9.17, 15) is 96.7 Å². The highest BCUT2D eigenvalue weighted by Gasteiger charge is 2.74. The predicted molar refractivity (Wildman–Crippen MR) is 464 cm³/mol. The number of methoxy groups -OCH3 is 1. The molecule has 0 radical (unpaired) electrons. The van der Waals surface area contributed by atoms with Gasteiger partial charge in [-0.05, 0) is 179 Å². The molecule has 764 valence electrons. The number of hydrogen-bond acceptors (Lipinski definition) is 39. The summed E-state index contributed by atoms with van der Waals surface area (Å²) in [7, 11) is 1.27. The first-order valence-corrected chi connectivity index (χ1v) is 48.7. The van der Waals surface area contributed by atoms with Gasteiger partial charge in [-0.3, -0.25) is 62.3 Å². The number of rotatable bonds is 29. The van der Waals surface area contributed by atoms with Gasteiger partial charge in [0.2, 0.25) is 0 Å². The number of hydrogen-bond donors (Lipinski definition) is 1. The Hall–Kier alpha value is -10.1. The molecule has 39 nitrogen and oxygen atoms in total. The Morgan fingerprint density at radius 1 is 0.399 bits per heavy atom. The summed E-state index contributed by atoms with van der Waals surface area (Å²) < 4.78 is 100. The van der Waals surface area contributed by atoms with Crippen LogP contribution >= 0.6 is 0 Å². The maximum absolute atomic E-state index is 12.4. The van der Waals surface area contributed by atoms with E-state index in [2.05, 4.69) is 6.07 Å². The molecule has 31 unspecified atom stereocenters. The lowest BCUT2D eigenvalue weighted by Gasteiger charge is -2.50. The van der Waals surface area contributed by atoms with Crippen LogP contribution in [0.25, 0.3) is 0 Å². The molecule has 9 heterocycles. The van der Waals surface area contributed by atoms with E-state index in [1.165, 1.54) is 7.11 Å². The molecule has 39 heteroatoms. The zero-order valence-electron chi connectivity index (χ0n) is 82.4. The number of carbonyl (C=O) groups excluding carboxylic acids is 18. The van der Waals surface area contributed by atoms with Gasteiger partial charge in [-0.2, -0.15) is 5.26 Å². The lowest BCUT2D eigenvalue weighted by Crippen LogP contribution is -2.57. The van der Waals surface area contributed by atoms with Crippen molar-refractivity contribution in [1.82, 2.24) is 0 Å². The van der Waals surface area contributed by atoms with Crippen LogP contribution < -0.4 is 0 Å². The van der Waals surface area contributed by atoms with E-state index in [1.807, 2.05) is 62.3 Å². The standard InChI is InChI=1S/C18H24O8.C17H21NO6.C17H24O6.C16H22O6.C16H24O5.C15H20O7/c1-5-18(2,3)17(22)24-7-10(19)25-13-8-6-9-12(11(8)15(20)23-4)16(21)26-14(9)13;1-4-16(2,3)14(20)22-7-11(19)23-12-9-5-10-13(12)24-15(21)17(10,6-9)8-18;1-5-17(3,4)16(20)21-7-11(18)22-13-9-6-10-12(8(9)2)15(19)23-14(10)13;1-4-16(2,3)15(19)20-7-11(17)21-12-8-5-9-10(6-8)14(18)22-13(9)12;1-4-14(2,3)13(18)21-16-6-10-5-15(19,9-16)7-11(8-16)20-12(10)17;1-4-15(2,3)14(18)19-6-9(16)21-11-8-5-7-10(20-8)12(11)22-13(7)17/h8-9,11-14H,5-7H2,1-4H3;9-10,12-13H,4-7H2,1-3H3;8-10,12-14H,5-7H2,1-4H3;8-10,12-13H,4-7H2,1-3H3;10-11,19H,4-9H2,1-3H3;7-8,10-12H,4-6H2,1-3H3. The fourth-order valence-corrected chi connectivity index (χ4v) is 23.1. The van der Waals surface area contributed by atoms with Crippen LogP contribution in [0.1, 0.15) is 247 Å². The lowest BCUT2D eigenvalue weighted by atomic mass is 9.62. The molecule has 138 heavy (non-hydrogen) atoms. The first-order chi connectivity index (χ1) is 64.5. The Balaban J connectivity index is 0.000000140.